The lowest BCUT2D eigenvalue weighted by Crippen LogP contribution is -2.34. The minimum Gasteiger partial charge on any atom is -0.460 e. The summed E-state index contributed by atoms with van der Waals surface area (Å²) >= 11 is 0. The molecule has 0 aliphatic carbocycles. The van der Waals surface area contributed by atoms with Gasteiger partial charge in [0.1, 0.15) is 0 Å². The Morgan fingerprint density at radius 3 is 2.43 bits per heavy atom. The van der Waals surface area contributed by atoms with Gasteiger partial charge in [-0.15, -0.1) is 0 Å². The van der Waals surface area contributed by atoms with Crippen LogP contribution in [0.3, 0.4) is 0 Å². The Kier molecular flexibility index (Phi) is 6.36. The largest absolute Gasteiger partial charge is 0.460 e. The quantitative estimate of drug-likeness (QED) is 0.478. The Hall–Kier alpha value is -0.710. The molecule has 0 amide bonds. The summed E-state index contributed by atoms with van der Waals surface area (Å²) in [7, 11) is 0. The van der Waals surface area contributed by atoms with Gasteiger partial charge in [0.05, 0.1) is 13.2 Å². The van der Waals surface area contributed by atoms with Crippen molar-refractivity contribution in [1.29, 1.82) is 0 Å². The van der Waals surface area contributed by atoms with Crippen molar-refractivity contribution < 1.29 is 23.0 Å². The summed E-state index contributed by atoms with van der Waals surface area (Å²) in [5.74, 6) is -1.61. The Morgan fingerprint density at radius 2 is 1.93 bits per heavy atom. The van der Waals surface area contributed by atoms with Crippen molar-refractivity contribution in [2.24, 2.45) is 0 Å². The minimum absolute atomic E-state index is 0.0766. The Labute approximate surface area is 82.4 Å². The molecule has 0 aromatic rings. The van der Waals surface area contributed by atoms with Gasteiger partial charge in [0.2, 0.25) is 0 Å². The number of halogens is 2. The first kappa shape index (κ1) is 13.3. The fourth-order valence-corrected chi connectivity index (χ4v) is 0.826. The average Bonchev–Trinajstić information content (AvgIpc) is 2.13. The van der Waals surface area contributed by atoms with E-state index in [1.807, 2.05) is 6.92 Å². The van der Waals surface area contributed by atoms with E-state index >= 15 is 0 Å². The molecule has 0 spiro atoms. The monoisotopic (exact) mass is 210 g/mol. The first-order valence-electron chi connectivity index (χ1n) is 4.73. The van der Waals surface area contributed by atoms with Gasteiger partial charge in [0.25, 0.3) is 0 Å². The van der Waals surface area contributed by atoms with Gasteiger partial charge in [-0.25, -0.2) is 4.79 Å². The van der Waals surface area contributed by atoms with Crippen LogP contribution in [-0.4, -0.2) is 25.3 Å². The fraction of sp³-hybridized carbons (Fsp3) is 0.889. The van der Waals surface area contributed by atoms with Gasteiger partial charge in [-0.3, -0.25) is 0 Å². The molecule has 0 aliphatic rings. The number of rotatable bonds is 7. The van der Waals surface area contributed by atoms with Gasteiger partial charge in [-0.1, -0.05) is 19.8 Å². The molecule has 0 heterocycles. The van der Waals surface area contributed by atoms with E-state index in [1.54, 1.807) is 0 Å². The van der Waals surface area contributed by atoms with Crippen LogP contribution in [0.15, 0.2) is 0 Å². The highest BCUT2D eigenvalue weighted by Crippen LogP contribution is 2.17. The number of ether oxygens (including phenoxy) is 2. The molecular formula is C9H16F2O3. The lowest BCUT2D eigenvalue weighted by atomic mass is 10.3. The number of esters is 1. The van der Waals surface area contributed by atoms with Gasteiger partial charge in [0, 0.05) is 0 Å². The van der Waals surface area contributed by atoms with Crippen LogP contribution < -0.4 is 0 Å². The molecule has 0 aliphatic heterocycles. The molecule has 0 aromatic carbocycles. The van der Waals surface area contributed by atoms with Crippen molar-refractivity contribution in [2.75, 3.05) is 13.2 Å². The Morgan fingerprint density at radius 1 is 1.29 bits per heavy atom. The SMILES string of the molecule is CCCCCOC(F)(F)C(=O)OCC. The van der Waals surface area contributed by atoms with Crippen LogP contribution in [0.5, 0.6) is 0 Å². The molecule has 0 bridgehead atoms. The summed E-state index contributed by atoms with van der Waals surface area (Å²) in [6.07, 6.45) is -1.57. The molecule has 0 fully saturated rings. The summed E-state index contributed by atoms with van der Waals surface area (Å²) in [5.41, 5.74) is 0. The second-order valence-corrected chi connectivity index (χ2v) is 2.79. The van der Waals surface area contributed by atoms with Gasteiger partial charge < -0.3 is 9.47 Å². The zero-order valence-corrected chi connectivity index (χ0v) is 8.52. The van der Waals surface area contributed by atoms with Crippen LogP contribution in [0.25, 0.3) is 0 Å². The van der Waals surface area contributed by atoms with Gasteiger partial charge >= 0.3 is 12.1 Å². The highest BCUT2D eigenvalue weighted by molar-refractivity contribution is 5.75. The summed E-state index contributed by atoms with van der Waals surface area (Å²) in [4.78, 5) is 10.6. The third-order valence-corrected chi connectivity index (χ3v) is 1.54. The van der Waals surface area contributed by atoms with Crippen molar-refractivity contribution in [3.8, 4) is 0 Å². The lowest BCUT2D eigenvalue weighted by Gasteiger charge is -2.14. The molecule has 84 valence electrons. The maximum absolute atomic E-state index is 12.7. The van der Waals surface area contributed by atoms with E-state index in [0.29, 0.717) is 6.42 Å². The molecule has 0 N–H and O–H groups in total. The van der Waals surface area contributed by atoms with Crippen molar-refractivity contribution in [3.05, 3.63) is 0 Å². The fourth-order valence-electron chi connectivity index (χ4n) is 0.826. The molecule has 0 saturated carbocycles. The summed E-state index contributed by atoms with van der Waals surface area (Å²) in [6.45, 7) is 3.21. The topological polar surface area (TPSA) is 35.5 Å². The number of carbonyl (C=O) groups excluding carboxylic acids is 1. The zero-order chi connectivity index (χ0) is 11.0. The number of unbranched alkanes of at least 4 members (excludes halogenated alkanes) is 2. The molecule has 0 radical (unpaired) electrons. The van der Waals surface area contributed by atoms with Crippen LogP contribution in [0.4, 0.5) is 8.78 Å². The highest BCUT2D eigenvalue weighted by Gasteiger charge is 2.42. The van der Waals surface area contributed by atoms with E-state index in [2.05, 4.69) is 9.47 Å². The standard InChI is InChI=1S/C9H16F2O3/c1-3-5-6-7-14-9(10,11)8(12)13-4-2/h3-7H2,1-2H3. The Bertz CT molecular complexity index is 171. The van der Waals surface area contributed by atoms with Gasteiger partial charge in [-0.2, -0.15) is 8.78 Å². The second kappa shape index (κ2) is 6.70. The smallest absolute Gasteiger partial charge is 0.456 e. The van der Waals surface area contributed by atoms with Crippen LogP contribution in [-0.2, 0) is 14.3 Å². The molecule has 3 nitrogen and oxygen atoms in total. The molecule has 0 unspecified atom stereocenters. The molecule has 5 heteroatoms. The lowest BCUT2D eigenvalue weighted by molar-refractivity contribution is -0.250. The maximum Gasteiger partial charge on any atom is 0.456 e. The third kappa shape index (κ3) is 5.11. The number of carbonyl (C=O) groups is 1. The third-order valence-electron chi connectivity index (χ3n) is 1.54. The number of hydrogen-bond donors (Lipinski definition) is 0. The van der Waals surface area contributed by atoms with Crippen molar-refractivity contribution in [1.82, 2.24) is 0 Å². The van der Waals surface area contributed by atoms with E-state index in [4.69, 9.17) is 0 Å². The van der Waals surface area contributed by atoms with Crippen molar-refractivity contribution in [3.63, 3.8) is 0 Å². The highest BCUT2D eigenvalue weighted by atomic mass is 19.3. The van der Waals surface area contributed by atoms with Crippen LogP contribution in [0, 0.1) is 0 Å². The summed E-state index contributed by atoms with van der Waals surface area (Å²) < 4.78 is 33.8. The van der Waals surface area contributed by atoms with Crippen LogP contribution in [0.2, 0.25) is 0 Å². The van der Waals surface area contributed by atoms with E-state index in [0.717, 1.165) is 12.8 Å². The second-order valence-electron chi connectivity index (χ2n) is 2.79. The number of hydrogen-bond acceptors (Lipinski definition) is 3. The molecule has 0 saturated heterocycles. The number of alkyl halides is 2. The van der Waals surface area contributed by atoms with Gasteiger partial charge in [0.15, 0.2) is 0 Å². The summed E-state index contributed by atoms with van der Waals surface area (Å²) in [6, 6.07) is 0. The average molecular weight is 210 g/mol. The van der Waals surface area contributed by atoms with E-state index in [-0.39, 0.29) is 13.2 Å². The van der Waals surface area contributed by atoms with Crippen LogP contribution >= 0.6 is 0 Å². The van der Waals surface area contributed by atoms with E-state index in [1.165, 1.54) is 6.92 Å². The molecule has 0 aromatic heterocycles. The molecule has 14 heavy (non-hydrogen) atoms. The predicted octanol–water partition coefficient (Wildman–Crippen LogP) is 2.35. The summed E-state index contributed by atoms with van der Waals surface area (Å²) in [5, 5.41) is 0. The van der Waals surface area contributed by atoms with E-state index < -0.39 is 12.1 Å². The predicted molar refractivity (Wildman–Crippen MR) is 47.1 cm³/mol. The van der Waals surface area contributed by atoms with E-state index in [9.17, 15) is 13.6 Å². The normalized spacial score (nSPS) is 11.4. The molecular weight excluding hydrogens is 194 g/mol. The minimum atomic E-state index is -3.80. The Balaban J connectivity index is 3.76. The maximum atomic E-state index is 12.7. The molecule has 0 atom stereocenters. The first-order valence-corrected chi connectivity index (χ1v) is 4.73. The van der Waals surface area contributed by atoms with Crippen LogP contribution in [0.1, 0.15) is 33.1 Å². The van der Waals surface area contributed by atoms with Crippen molar-refractivity contribution in [2.45, 2.75) is 39.2 Å². The zero-order valence-electron chi connectivity index (χ0n) is 8.52. The first-order chi connectivity index (χ1) is 6.54. The van der Waals surface area contributed by atoms with Crippen molar-refractivity contribution >= 4 is 5.97 Å². The van der Waals surface area contributed by atoms with Gasteiger partial charge in [-0.05, 0) is 13.3 Å². The molecule has 0 rings (SSSR count).